The molecule has 0 atom stereocenters. The summed E-state index contributed by atoms with van der Waals surface area (Å²) in [6.45, 7) is 4.08. The molecule has 2 aromatic heterocycles. The van der Waals surface area contributed by atoms with Crippen LogP contribution >= 0.6 is 0 Å². The molecule has 0 spiro atoms. The number of Topliss-reactive ketones (excluding diaryl/α,β-unsaturated/α-hetero) is 1. The molecule has 21 heavy (non-hydrogen) atoms. The summed E-state index contributed by atoms with van der Waals surface area (Å²) in [5.41, 5.74) is 9.58. The van der Waals surface area contributed by atoms with E-state index >= 15 is 0 Å². The van der Waals surface area contributed by atoms with Gasteiger partial charge in [0.25, 0.3) is 0 Å². The Morgan fingerprint density at radius 2 is 2.05 bits per heavy atom. The first-order valence-electron chi connectivity index (χ1n) is 6.58. The minimum atomic E-state index is 0.0210. The molecule has 106 valence electrons. The van der Waals surface area contributed by atoms with Gasteiger partial charge in [0.15, 0.2) is 17.2 Å². The maximum Gasteiger partial charge on any atom is 0.182 e. The van der Waals surface area contributed by atoms with Crippen molar-refractivity contribution in [2.45, 2.75) is 20.4 Å². The van der Waals surface area contributed by atoms with Gasteiger partial charge in [0.05, 0.1) is 12.9 Å². The van der Waals surface area contributed by atoms with Crippen molar-refractivity contribution in [2.24, 2.45) is 0 Å². The van der Waals surface area contributed by atoms with Crippen molar-refractivity contribution < 1.29 is 4.79 Å². The number of carbonyl (C=O) groups is 1. The molecular formula is C15H15N5O. The molecule has 6 heteroatoms. The number of nitrogens with zero attached hydrogens (tertiary/aromatic N) is 4. The number of aryl methyl sites for hydroxylation is 2. The molecule has 3 rings (SSSR count). The summed E-state index contributed by atoms with van der Waals surface area (Å²) >= 11 is 0. The van der Waals surface area contributed by atoms with Gasteiger partial charge < -0.3 is 10.3 Å². The standard InChI is InChI=1S/C15H15N5O/c1-9-3-4-10(2)11(5-9)12(21)6-20-8-19-13-14(16)17-7-18-15(13)20/h3-5,7-8H,6H2,1-2H3,(H2,16,17,18). The van der Waals surface area contributed by atoms with Crippen LogP contribution in [0.25, 0.3) is 11.2 Å². The van der Waals surface area contributed by atoms with Crippen LogP contribution in [0.5, 0.6) is 0 Å². The normalized spacial score (nSPS) is 11.0. The molecule has 0 aliphatic carbocycles. The second kappa shape index (κ2) is 4.97. The maximum atomic E-state index is 12.5. The van der Waals surface area contributed by atoms with E-state index in [1.54, 1.807) is 10.9 Å². The number of ketones is 1. The quantitative estimate of drug-likeness (QED) is 0.741. The second-order valence-electron chi connectivity index (χ2n) is 5.05. The van der Waals surface area contributed by atoms with Gasteiger partial charge in [0.1, 0.15) is 11.8 Å². The Kier molecular flexibility index (Phi) is 3.13. The van der Waals surface area contributed by atoms with E-state index < -0.39 is 0 Å². The Bertz CT molecular complexity index is 837. The van der Waals surface area contributed by atoms with Crippen LogP contribution < -0.4 is 5.73 Å². The van der Waals surface area contributed by atoms with Crippen LogP contribution in [0.3, 0.4) is 0 Å². The average Bonchev–Trinajstić information content (AvgIpc) is 2.86. The van der Waals surface area contributed by atoms with E-state index in [2.05, 4.69) is 15.0 Å². The average molecular weight is 281 g/mol. The molecule has 2 N–H and O–H groups in total. The number of imidazole rings is 1. The Hall–Kier alpha value is -2.76. The molecule has 3 aromatic rings. The van der Waals surface area contributed by atoms with Gasteiger partial charge in [-0.05, 0) is 25.5 Å². The van der Waals surface area contributed by atoms with Crippen molar-refractivity contribution in [3.63, 3.8) is 0 Å². The number of hydrogen-bond donors (Lipinski definition) is 1. The lowest BCUT2D eigenvalue weighted by Crippen LogP contribution is -2.12. The molecule has 0 saturated heterocycles. The monoisotopic (exact) mass is 281 g/mol. The second-order valence-corrected chi connectivity index (χ2v) is 5.05. The summed E-state index contributed by atoms with van der Waals surface area (Å²) in [5.74, 6) is 0.339. The summed E-state index contributed by atoms with van der Waals surface area (Å²) in [6.07, 6.45) is 2.94. The van der Waals surface area contributed by atoms with E-state index in [1.807, 2.05) is 32.0 Å². The van der Waals surface area contributed by atoms with Crippen LogP contribution in [-0.2, 0) is 6.54 Å². The minimum absolute atomic E-state index is 0.0210. The van der Waals surface area contributed by atoms with Crippen molar-refractivity contribution in [1.29, 1.82) is 0 Å². The van der Waals surface area contributed by atoms with E-state index in [-0.39, 0.29) is 12.3 Å². The number of hydrogen-bond acceptors (Lipinski definition) is 5. The van der Waals surface area contributed by atoms with Gasteiger partial charge in [-0.2, -0.15) is 0 Å². The summed E-state index contributed by atoms with van der Waals surface area (Å²) in [7, 11) is 0. The fraction of sp³-hybridized carbons (Fsp3) is 0.200. The highest BCUT2D eigenvalue weighted by Gasteiger charge is 2.14. The Labute approximate surface area is 121 Å². The molecule has 1 aromatic carbocycles. The fourth-order valence-corrected chi connectivity index (χ4v) is 2.29. The summed E-state index contributed by atoms with van der Waals surface area (Å²) in [4.78, 5) is 24.7. The zero-order chi connectivity index (χ0) is 15.0. The van der Waals surface area contributed by atoms with Gasteiger partial charge in [0.2, 0.25) is 0 Å². The van der Waals surface area contributed by atoms with Crippen molar-refractivity contribution in [3.05, 3.63) is 47.5 Å². The molecule has 0 fully saturated rings. The van der Waals surface area contributed by atoms with Crippen LogP contribution in [0.4, 0.5) is 5.82 Å². The van der Waals surface area contributed by atoms with Gasteiger partial charge >= 0.3 is 0 Å². The summed E-state index contributed by atoms with van der Waals surface area (Å²) in [5, 5.41) is 0. The number of nitrogens with two attached hydrogens (primary N) is 1. The van der Waals surface area contributed by atoms with Crippen molar-refractivity contribution in [2.75, 3.05) is 5.73 Å². The first kappa shape index (κ1) is 13.2. The number of rotatable bonds is 3. The predicted molar refractivity (Wildman–Crippen MR) is 80.0 cm³/mol. The zero-order valence-corrected chi connectivity index (χ0v) is 11.9. The van der Waals surface area contributed by atoms with Gasteiger partial charge in [-0.25, -0.2) is 15.0 Å². The van der Waals surface area contributed by atoms with E-state index in [1.165, 1.54) is 6.33 Å². The third-order valence-corrected chi connectivity index (χ3v) is 3.44. The first-order valence-corrected chi connectivity index (χ1v) is 6.58. The van der Waals surface area contributed by atoms with Crippen LogP contribution in [0, 0.1) is 13.8 Å². The third kappa shape index (κ3) is 2.35. The number of aromatic nitrogens is 4. The molecule has 0 radical (unpaired) electrons. The number of carbonyl (C=O) groups excluding carboxylic acids is 1. The summed E-state index contributed by atoms with van der Waals surface area (Å²) < 4.78 is 1.69. The largest absolute Gasteiger partial charge is 0.382 e. The molecule has 0 bridgehead atoms. The molecule has 6 nitrogen and oxygen atoms in total. The van der Waals surface area contributed by atoms with Crippen LogP contribution in [-0.4, -0.2) is 25.3 Å². The highest BCUT2D eigenvalue weighted by Crippen LogP contribution is 2.16. The number of nitrogen functional groups attached to an aromatic ring is 1. The molecule has 2 heterocycles. The molecule has 0 unspecified atom stereocenters. The van der Waals surface area contributed by atoms with Gasteiger partial charge in [-0.1, -0.05) is 17.7 Å². The molecule has 0 amide bonds. The SMILES string of the molecule is Cc1ccc(C)c(C(=O)Cn2cnc3c(N)ncnc32)c1. The van der Waals surface area contributed by atoms with E-state index in [0.29, 0.717) is 17.0 Å². The molecule has 0 aliphatic heterocycles. The van der Waals surface area contributed by atoms with Crippen molar-refractivity contribution in [3.8, 4) is 0 Å². The van der Waals surface area contributed by atoms with Gasteiger partial charge in [-0.15, -0.1) is 0 Å². The molecule has 0 aliphatic rings. The smallest absolute Gasteiger partial charge is 0.182 e. The molecular weight excluding hydrogens is 266 g/mol. The number of anilines is 1. The topological polar surface area (TPSA) is 86.7 Å². The molecule has 0 saturated carbocycles. The zero-order valence-electron chi connectivity index (χ0n) is 11.9. The van der Waals surface area contributed by atoms with E-state index in [4.69, 9.17) is 5.73 Å². The highest BCUT2D eigenvalue weighted by molar-refractivity contribution is 5.98. The predicted octanol–water partition coefficient (Wildman–Crippen LogP) is 1.91. The van der Waals surface area contributed by atoms with Crippen LogP contribution in [0.1, 0.15) is 21.5 Å². The van der Waals surface area contributed by atoms with Crippen molar-refractivity contribution in [1.82, 2.24) is 19.5 Å². The number of benzene rings is 1. The fourth-order valence-electron chi connectivity index (χ4n) is 2.29. The lowest BCUT2D eigenvalue weighted by atomic mass is 10.0. The van der Waals surface area contributed by atoms with E-state index in [9.17, 15) is 4.79 Å². The first-order chi connectivity index (χ1) is 10.1. The Morgan fingerprint density at radius 1 is 1.24 bits per heavy atom. The van der Waals surface area contributed by atoms with Crippen molar-refractivity contribution >= 4 is 22.8 Å². The lowest BCUT2D eigenvalue weighted by Gasteiger charge is -2.07. The van der Waals surface area contributed by atoms with Gasteiger partial charge in [-0.3, -0.25) is 4.79 Å². The lowest BCUT2D eigenvalue weighted by molar-refractivity contribution is 0.0972. The van der Waals surface area contributed by atoms with E-state index in [0.717, 1.165) is 16.7 Å². The maximum absolute atomic E-state index is 12.5. The third-order valence-electron chi connectivity index (χ3n) is 3.44. The van der Waals surface area contributed by atoms with Gasteiger partial charge in [0, 0.05) is 5.56 Å². The van der Waals surface area contributed by atoms with Crippen LogP contribution in [0.15, 0.2) is 30.9 Å². The Morgan fingerprint density at radius 3 is 2.86 bits per heavy atom. The summed E-state index contributed by atoms with van der Waals surface area (Å²) in [6, 6.07) is 5.85. The minimum Gasteiger partial charge on any atom is -0.382 e. The highest BCUT2D eigenvalue weighted by atomic mass is 16.1. The van der Waals surface area contributed by atoms with Crippen LogP contribution in [0.2, 0.25) is 0 Å². The number of fused-ring (bicyclic) bond motifs is 1. The Balaban J connectivity index is 1.97.